The van der Waals surface area contributed by atoms with Crippen LogP contribution < -0.4 is 23.7 Å². The molecule has 4 atom stereocenters. The van der Waals surface area contributed by atoms with Crippen molar-refractivity contribution in [2.75, 3.05) is 42.2 Å². The lowest BCUT2D eigenvalue weighted by atomic mass is 9.91. The van der Waals surface area contributed by atoms with Gasteiger partial charge in [0.2, 0.25) is 0 Å². The van der Waals surface area contributed by atoms with E-state index >= 15 is 0 Å². The molecule has 0 amide bonds. The van der Waals surface area contributed by atoms with E-state index in [2.05, 4.69) is 0 Å². The quantitative estimate of drug-likeness (QED) is 0.282. The van der Waals surface area contributed by atoms with Gasteiger partial charge in [-0.1, -0.05) is 13.8 Å². The molecule has 0 bridgehead atoms. The first kappa shape index (κ1) is 34.7. The first-order valence-electron chi connectivity index (χ1n) is 13.7. The first-order valence-corrected chi connectivity index (χ1v) is 13.7. The molecule has 0 spiro atoms. The Kier molecular flexibility index (Phi) is 12.9. The van der Waals surface area contributed by atoms with Gasteiger partial charge in [-0.3, -0.25) is 4.79 Å². The average molecular weight is 593 g/mol. The van der Waals surface area contributed by atoms with Gasteiger partial charge in [0.15, 0.2) is 0 Å². The fraction of sp³-hybridized carbons (Fsp3) is 0.516. The molecule has 1 fully saturated rings. The molecule has 11 heteroatoms. The molecule has 1 aliphatic rings. The highest BCUT2D eigenvalue weighted by Crippen LogP contribution is 2.52. The van der Waals surface area contributed by atoms with Crippen LogP contribution in [0, 0.1) is 6.92 Å². The van der Waals surface area contributed by atoms with Crippen LogP contribution in [0.1, 0.15) is 38.3 Å². The van der Waals surface area contributed by atoms with Crippen LogP contribution in [-0.2, 0) is 16.0 Å². The van der Waals surface area contributed by atoms with Crippen molar-refractivity contribution in [3.8, 4) is 28.7 Å². The second-order valence-corrected chi connectivity index (χ2v) is 9.37. The number of carboxylic acids is 1. The molecule has 0 aliphatic carbocycles. The SMILES string of the molecule is CC.CC1OCC(O)[C@H](O)C1O.COc1cc2c(OC)c3c(OC)ccc(OC)c3c(OC)c2c(C)c1CCC(=O)O. The second kappa shape index (κ2) is 15.6. The zero-order chi connectivity index (χ0) is 31.7. The molecular weight excluding hydrogens is 548 g/mol. The molecule has 1 saturated heterocycles. The van der Waals surface area contributed by atoms with Crippen molar-refractivity contribution in [3.05, 3.63) is 29.3 Å². The lowest BCUT2D eigenvalue weighted by Gasteiger charge is -2.33. The maximum absolute atomic E-state index is 11.2. The molecule has 4 rings (SSSR count). The van der Waals surface area contributed by atoms with Crippen LogP contribution in [0.15, 0.2) is 18.2 Å². The number of aliphatic carboxylic acids is 1. The number of fused-ring (bicyclic) bond motifs is 2. The minimum atomic E-state index is -1.07. The number of hydrogen-bond donors (Lipinski definition) is 4. The van der Waals surface area contributed by atoms with Crippen LogP contribution >= 0.6 is 0 Å². The van der Waals surface area contributed by atoms with Crippen LogP contribution in [0.25, 0.3) is 21.5 Å². The van der Waals surface area contributed by atoms with Gasteiger partial charge in [0, 0.05) is 17.2 Å². The first-order chi connectivity index (χ1) is 20.1. The zero-order valence-electron chi connectivity index (χ0n) is 25.8. The van der Waals surface area contributed by atoms with E-state index in [4.69, 9.17) is 43.7 Å². The van der Waals surface area contributed by atoms with E-state index < -0.39 is 30.4 Å². The highest BCUT2D eigenvalue weighted by Gasteiger charge is 2.34. The normalized spacial score (nSPS) is 19.6. The molecule has 4 N–H and O–H groups in total. The monoisotopic (exact) mass is 592 g/mol. The Hall–Kier alpha value is -3.51. The molecule has 3 aromatic carbocycles. The third-order valence-corrected chi connectivity index (χ3v) is 7.14. The Balaban J connectivity index is 0.000000431. The largest absolute Gasteiger partial charge is 0.496 e. The van der Waals surface area contributed by atoms with Crippen molar-refractivity contribution >= 4 is 27.5 Å². The number of aliphatic hydroxyl groups excluding tert-OH is 3. The van der Waals surface area contributed by atoms with Gasteiger partial charge >= 0.3 is 5.97 Å². The van der Waals surface area contributed by atoms with E-state index in [9.17, 15) is 9.90 Å². The van der Waals surface area contributed by atoms with Crippen molar-refractivity contribution in [2.24, 2.45) is 0 Å². The smallest absolute Gasteiger partial charge is 0.303 e. The van der Waals surface area contributed by atoms with Gasteiger partial charge in [0.05, 0.1) is 59.0 Å². The lowest BCUT2D eigenvalue weighted by molar-refractivity contribution is -0.181. The highest BCUT2D eigenvalue weighted by atomic mass is 16.5. The summed E-state index contributed by atoms with van der Waals surface area (Å²) < 4.78 is 33.4. The molecule has 1 aliphatic heterocycles. The van der Waals surface area contributed by atoms with Crippen LogP contribution in [0.2, 0.25) is 0 Å². The average Bonchev–Trinajstić information content (AvgIpc) is 3.00. The molecule has 42 heavy (non-hydrogen) atoms. The molecule has 0 radical (unpaired) electrons. The van der Waals surface area contributed by atoms with Crippen molar-refractivity contribution in [3.63, 3.8) is 0 Å². The number of aryl methyl sites for hydroxylation is 1. The van der Waals surface area contributed by atoms with Crippen molar-refractivity contribution in [1.29, 1.82) is 0 Å². The van der Waals surface area contributed by atoms with Crippen LogP contribution in [0.5, 0.6) is 28.7 Å². The van der Waals surface area contributed by atoms with Crippen molar-refractivity contribution in [2.45, 2.75) is 65.0 Å². The summed E-state index contributed by atoms with van der Waals surface area (Å²) in [5.41, 5.74) is 1.68. The predicted octanol–water partition coefficient (Wildman–Crippen LogP) is 3.88. The Morgan fingerprint density at radius 2 is 1.36 bits per heavy atom. The number of rotatable bonds is 8. The molecule has 11 nitrogen and oxygen atoms in total. The van der Waals surface area contributed by atoms with Gasteiger partial charge in [-0.05, 0) is 49.6 Å². The number of hydrogen-bond acceptors (Lipinski definition) is 10. The number of aliphatic hydroxyl groups is 3. The van der Waals surface area contributed by atoms with Crippen molar-refractivity contribution in [1.82, 2.24) is 0 Å². The number of carbonyl (C=O) groups is 1. The lowest BCUT2D eigenvalue weighted by Crippen LogP contribution is -2.51. The van der Waals surface area contributed by atoms with Gasteiger partial charge in [-0.25, -0.2) is 0 Å². The third kappa shape index (κ3) is 6.92. The summed E-state index contributed by atoms with van der Waals surface area (Å²) >= 11 is 0. The number of carboxylic acid groups (broad SMARTS) is 1. The summed E-state index contributed by atoms with van der Waals surface area (Å²) in [7, 11) is 7.95. The summed E-state index contributed by atoms with van der Waals surface area (Å²) in [5, 5.41) is 39.3. The van der Waals surface area contributed by atoms with Crippen molar-refractivity contribution < 1.29 is 53.6 Å². The molecular formula is C31H44O11. The van der Waals surface area contributed by atoms with E-state index in [-0.39, 0.29) is 13.0 Å². The molecule has 234 valence electrons. The highest BCUT2D eigenvalue weighted by molar-refractivity contribution is 6.16. The van der Waals surface area contributed by atoms with Gasteiger partial charge < -0.3 is 48.8 Å². The molecule has 0 saturated carbocycles. The third-order valence-electron chi connectivity index (χ3n) is 7.14. The van der Waals surface area contributed by atoms with Gasteiger partial charge in [0.25, 0.3) is 0 Å². The van der Waals surface area contributed by atoms with E-state index in [1.165, 1.54) is 0 Å². The van der Waals surface area contributed by atoms with Crippen LogP contribution in [-0.4, -0.2) is 93.0 Å². The fourth-order valence-electron chi connectivity index (χ4n) is 5.01. The van der Waals surface area contributed by atoms with Crippen LogP contribution in [0.4, 0.5) is 0 Å². The Labute approximate surface area is 246 Å². The molecule has 3 unspecified atom stereocenters. The second-order valence-electron chi connectivity index (χ2n) is 9.37. The van der Waals surface area contributed by atoms with Crippen LogP contribution in [0.3, 0.4) is 0 Å². The Bertz CT molecular complexity index is 1340. The van der Waals surface area contributed by atoms with Gasteiger partial charge in [-0.15, -0.1) is 0 Å². The minimum absolute atomic E-state index is 0.00706. The topological polar surface area (TPSA) is 153 Å². The predicted molar refractivity (Wildman–Crippen MR) is 160 cm³/mol. The van der Waals surface area contributed by atoms with Gasteiger partial charge in [0.1, 0.15) is 47.1 Å². The summed E-state index contributed by atoms with van der Waals surface area (Å²) in [5.74, 6) is 2.17. The standard InChI is InChI=1S/C23H26O7.C6H12O4.C2H6/c1-12-13(7-10-18(24)25)17(28-4)11-14-19(12)23(30-6)21-16(27-3)9-8-15(26-2)20(21)22(14)29-5;1-3-5(8)6(9)4(7)2-10-3;1-2/h8-9,11H,7,10H2,1-6H3,(H,24,25);3-9H,2H2,1H3;1-2H3/t;3?,4?,5?,6-;/m.0./s1. The Morgan fingerprint density at radius 1 is 0.833 bits per heavy atom. The molecule has 0 aromatic heterocycles. The molecule has 3 aromatic rings. The van der Waals surface area contributed by atoms with Gasteiger partial charge in [-0.2, -0.15) is 0 Å². The Morgan fingerprint density at radius 3 is 1.81 bits per heavy atom. The molecule has 1 heterocycles. The summed E-state index contributed by atoms with van der Waals surface area (Å²) in [6.07, 6.45) is -3.05. The number of benzene rings is 3. The maximum Gasteiger partial charge on any atom is 0.303 e. The summed E-state index contributed by atoms with van der Waals surface area (Å²) in [4.78, 5) is 11.2. The summed E-state index contributed by atoms with van der Waals surface area (Å²) in [6, 6.07) is 5.50. The number of ether oxygens (including phenoxy) is 6. The minimum Gasteiger partial charge on any atom is -0.496 e. The zero-order valence-corrected chi connectivity index (χ0v) is 25.8. The van der Waals surface area contributed by atoms with E-state index in [0.717, 1.165) is 32.7 Å². The van der Waals surface area contributed by atoms with E-state index in [0.29, 0.717) is 35.2 Å². The fourth-order valence-corrected chi connectivity index (χ4v) is 5.01. The summed E-state index contributed by atoms with van der Waals surface area (Å²) in [6.45, 7) is 7.68. The maximum atomic E-state index is 11.2. The van der Waals surface area contributed by atoms with E-state index in [1.54, 1.807) is 42.5 Å². The number of methoxy groups -OCH3 is 5. The van der Waals surface area contributed by atoms with E-state index in [1.807, 2.05) is 39.0 Å².